The highest BCUT2D eigenvalue weighted by Gasteiger charge is 2.36. The Morgan fingerprint density at radius 3 is 1.99 bits per heavy atom. The van der Waals surface area contributed by atoms with E-state index in [1.165, 1.54) is 10.4 Å². The van der Waals surface area contributed by atoms with Crippen LogP contribution in [0.3, 0.4) is 0 Å². The van der Waals surface area contributed by atoms with E-state index in [1.54, 1.807) is 36.2 Å². The molecule has 3 saturated heterocycles. The minimum atomic E-state index is -4.26. The van der Waals surface area contributed by atoms with Crippen LogP contribution in [0.2, 0.25) is 0 Å². The highest BCUT2D eigenvalue weighted by atomic mass is 32.2. The fourth-order valence-corrected chi connectivity index (χ4v) is 11.7. The fourth-order valence-electron chi connectivity index (χ4n) is 10.2. The van der Waals surface area contributed by atoms with Gasteiger partial charge in [0, 0.05) is 45.2 Å². The number of benzene rings is 5. The van der Waals surface area contributed by atoms with Crippen LogP contribution < -0.4 is 14.2 Å². The third-order valence-corrected chi connectivity index (χ3v) is 15.8. The predicted molar refractivity (Wildman–Crippen MR) is 282 cm³/mol. The summed E-state index contributed by atoms with van der Waals surface area (Å²) in [6.07, 6.45) is 3.21. The van der Waals surface area contributed by atoms with Crippen LogP contribution in [0, 0.1) is 11.8 Å². The number of carbonyl (C=O) groups excluding carboxylic acids is 2. The highest BCUT2D eigenvalue weighted by molar-refractivity contribution is 7.89. The Morgan fingerprint density at radius 2 is 1.35 bits per heavy atom. The molecule has 390 valence electrons. The number of nitrogens with zero attached hydrogens (tertiary/aromatic N) is 7. The van der Waals surface area contributed by atoms with Gasteiger partial charge in [0.25, 0.3) is 0 Å². The first-order valence-electron chi connectivity index (χ1n) is 25.7. The molecule has 0 bridgehead atoms. The third kappa shape index (κ3) is 13.1. The normalized spacial score (nSPS) is 16.2. The van der Waals surface area contributed by atoms with Crippen molar-refractivity contribution >= 4 is 22.2 Å². The zero-order chi connectivity index (χ0) is 51.8. The number of methoxy groups -OCH3 is 2. The molecule has 1 N–H and O–H groups in total. The molecule has 3 fully saturated rings. The highest BCUT2D eigenvalue weighted by Crippen LogP contribution is 2.41. The minimum Gasteiger partial charge on any atom is -0.497 e. The monoisotopic (exact) mass is 1020 g/mol. The van der Waals surface area contributed by atoms with Crippen molar-refractivity contribution in [1.82, 2.24) is 39.6 Å². The third-order valence-electron chi connectivity index (χ3n) is 14.3. The van der Waals surface area contributed by atoms with Crippen molar-refractivity contribution in [3.8, 4) is 34.0 Å². The van der Waals surface area contributed by atoms with E-state index >= 15 is 8.42 Å². The molecular formula is C57H68N8O8S. The summed E-state index contributed by atoms with van der Waals surface area (Å²) in [5.74, 6) is 2.47. The van der Waals surface area contributed by atoms with E-state index in [4.69, 9.17) is 24.0 Å². The molecule has 1 aromatic heterocycles. The number of amides is 2. The second-order valence-electron chi connectivity index (χ2n) is 20.8. The maximum Gasteiger partial charge on any atom is 0.410 e. The first kappa shape index (κ1) is 52.1. The van der Waals surface area contributed by atoms with Gasteiger partial charge < -0.3 is 33.6 Å². The summed E-state index contributed by atoms with van der Waals surface area (Å²) < 4.78 is 55.3. The average molecular weight is 1030 g/mol. The van der Waals surface area contributed by atoms with Crippen molar-refractivity contribution in [2.24, 2.45) is 11.8 Å². The van der Waals surface area contributed by atoms with E-state index in [9.17, 15) is 9.59 Å². The number of rotatable bonds is 17. The lowest BCUT2D eigenvalue weighted by molar-refractivity contribution is -0.00751. The maximum atomic E-state index is 15.2. The number of hydrogen-bond acceptors (Lipinski definition) is 12. The fraction of sp³-hybridized carbons (Fsp3) is 0.421. The molecule has 9 rings (SSSR count). The summed E-state index contributed by atoms with van der Waals surface area (Å²) in [6, 6.07) is 36.9. The smallest absolute Gasteiger partial charge is 0.410 e. The van der Waals surface area contributed by atoms with Crippen LogP contribution in [0.5, 0.6) is 11.5 Å². The van der Waals surface area contributed by atoms with E-state index in [-0.39, 0.29) is 42.0 Å². The lowest BCUT2D eigenvalue weighted by Gasteiger charge is -2.43. The van der Waals surface area contributed by atoms with Gasteiger partial charge in [-0.05, 0) is 146 Å². The number of aromatic nitrogens is 4. The zero-order valence-corrected chi connectivity index (χ0v) is 43.9. The van der Waals surface area contributed by atoms with Crippen molar-refractivity contribution < 1.29 is 37.0 Å². The largest absolute Gasteiger partial charge is 0.497 e. The number of tetrazole rings is 1. The molecule has 0 spiro atoms. The van der Waals surface area contributed by atoms with Crippen molar-refractivity contribution in [2.75, 3.05) is 60.0 Å². The standard InChI is InChI=1S/C57H68N8O8S/c1-57(2,3)73-56(67)64-36-44(37-64)35-62-29-27-46(28-30-62)45-15-17-47(18-16-45)51-24-19-48(33-40-25-31-63(32-26-40)55(66)72-39-43-9-7-6-8-10-43)53(74(68,69)58-34-41-11-20-49(70-4)21-12-41)52(51)54-59-61-65(60-54)38-42-13-22-50(71-5)23-14-42/h6-24,40,44,46,58H,25-39H2,1-5H3. The van der Waals surface area contributed by atoms with Gasteiger partial charge in [-0.2, -0.15) is 4.80 Å². The van der Waals surface area contributed by atoms with Gasteiger partial charge in [-0.3, -0.25) is 0 Å². The molecule has 2 amide bonds. The molecule has 0 aliphatic carbocycles. The minimum absolute atomic E-state index is 0.0369. The van der Waals surface area contributed by atoms with Crippen molar-refractivity contribution in [3.05, 3.63) is 143 Å². The molecule has 3 aliphatic heterocycles. The lowest BCUT2D eigenvalue weighted by atomic mass is 9.86. The first-order chi connectivity index (χ1) is 35.7. The second-order valence-corrected chi connectivity index (χ2v) is 22.5. The molecule has 17 heteroatoms. The average Bonchev–Trinajstić information content (AvgIpc) is 3.86. The molecule has 4 heterocycles. The number of piperidine rings is 2. The molecule has 0 unspecified atom stereocenters. The van der Waals surface area contributed by atoms with E-state index < -0.39 is 15.6 Å². The molecule has 6 aromatic rings. The number of nitrogens with one attached hydrogen (secondary N) is 1. The molecule has 16 nitrogen and oxygen atoms in total. The number of likely N-dealkylation sites (tertiary alicyclic amines) is 3. The number of sulfonamides is 1. The molecule has 5 aromatic carbocycles. The van der Waals surface area contributed by atoms with E-state index in [1.807, 2.05) is 99.6 Å². The van der Waals surface area contributed by atoms with Gasteiger partial charge in [0.2, 0.25) is 15.8 Å². The maximum absolute atomic E-state index is 15.2. The molecule has 0 radical (unpaired) electrons. The Labute approximate surface area is 435 Å². The number of hydrogen-bond donors (Lipinski definition) is 1. The summed E-state index contributed by atoms with van der Waals surface area (Å²) in [5.41, 5.74) is 5.83. The number of carbonyl (C=O) groups is 2. The van der Waals surface area contributed by atoms with E-state index in [0.29, 0.717) is 73.2 Å². The van der Waals surface area contributed by atoms with E-state index in [0.717, 1.165) is 73.6 Å². The molecule has 3 aliphatic rings. The van der Waals surface area contributed by atoms with Gasteiger partial charge in [0.1, 0.15) is 23.7 Å². The topological polar surface area (TPSA) is 171 Å². The quantitative estimate of drug-likeness (QED) is 0.0921. The first-order valence-corrected chi connectivity index (χ1v) is 27.1. The Morgan fingerprint density at radius 1 is 0.703 bits per heavy atom. The summed E-state index contributed by atoms with van der Waals surface area (Å²) in [4.78, 5) is 33.3. The van der Waals surface area contributed by atoms with Gasteiger partial charge in [0.15, 0.2) is 0 Å². The van der Waals surface area contributed by atoms with E-state index in [2.05, 4.69) is 44.2 Å². The molecular weight excluding hydrogens is 957 g/mol. The Bertz CT molecular complexity index is 2940. The summed E-state index contributed by atoms with van der Waals surface area (Å²) in [6.45, 7) is 11.5. The zero-order valence-electron chi connectivity index (χ0n) is 43.1. The second kappa shape index (κ2) is 23.2. The van der Waals surface area contributed by atoms with Crippen LogP contribution in [0.4, 0.5) is 9.59 Å². The summed E-state index contributed by atoms with van der Waals surface area (Å²) in [5, 5.41) is 14.0. The van der Waals surface area contributed by atoms with Crippen molar-refractivity contribution in [1.29, 1.82) is 0 Å². The van der Waals surface area contributed by atoms with Crippen LogP contribution >= 0.6 is 0 Å². The van der Waals surface area contributed by atoms with Crippen LogP contribution in [0.1, 0.15) is 80.2 Å². The Kier molecular flexibility index (Phi) is 16.3. The van der Waals surface area contributed by atoms with Crippen LogP contribution in [-0.4, -0.2) is 121 Å². The number of ether oxygens (including phenoxy) is 4. The van der Waals surface area contributed by atoms with Crippen molar-refractivity contribution in [3.63, 3.8) is 0 Å². The van der Waals surface area contributed by atoms with Crippen LogP contribution in [0.25, 0.3) is 22.5 Å². The molecule has 0 atom stereocenters. The van der Waals surface area contributed by atoms with Crippen LogP contribution in [-0.2, 0) is 45.6 Å². The van der Waals surface area contributed by atoms with Gasteiger partial charge in [-0.1, -0.05) is 91.0 Å². The van der Waals surface area contributed by atoms with Gasteiger partial charge in [-0.25, -0.2) is 22.7 Å². The summed E-state index contributed by atoms with van der Waals surface area (Å²) in [7, 11) is -1.05. The van der Waals surface area contributed by atoms with Crippen molar-refractivity contribution in [2.45, 2.75) is 89.0 Å². The Hall–Kier alpha value is -6.82. The van der Waals surface area contributed by atoms with Gasteiger partial charge >= 0.3 is 12.2 Å². The van der Waals surface area contributed by atoms with Crippen LogP contribution in [0.15, 0.2) is 120 Å². The SMILES string of the molecule is COc1ccc(CNS(=O)(=O)c2c(CC3CCN(C(=O)OCc4ccccc4)CC3)ccc(-c3ccc(C4CCN(CC5CN(C(=O)OC(C)(C)C)C5)CC4)cc3)c2-c2nnn(Cc3ccc(OC)cc3)n2)cc1. The lowest BCUT2D eigenvalue weighted by Crippen LogP contribution is -2.55. The van der Waals surface area contributed by atoms with Gasteiger partial charge in [-0.15, -0.1) is 10.2 Å². The van der Waals surface area contributed by atoms with Gasteiger partial charge in [0.05, 0.1) is 31.2 Å². The predicted octanol–water partition coefficient (Wildman–Crippen LogP) is 9.19. The Balaban J connectivity index is 0.984. The summed E-state index contributed by atoms with van der Waals surface area (Å²) >= 11 is 0. The molecule has 74 heavy (non-hydrogen) atoms. The molecule has 0 saturated carbocycles.